The molecule has 0 radical (unpaired) electrons. The third kappa shape index (κ3) is 3.51. The lowest BCUT2D eigenvalue weighted by Crippen LogP contribution is -2.42. The zero-order chi connectivity index (χ0) is 11.5. The molecule has 88 valence electrons. The van der Waals surface area contributed by atoms with Crippen molar-refractivity contribution in [2.24, 2.45) is 11.3 Å². The second-order valence-electron chi connectivity index (χ2n) is 5.64. The van der Waals surface area contributed by atoms with E-state index in [0.29, 0.717) is 23.7 Å². The largest absolute Gasteiger partial charge is 0.343 e. The average molecular weight is 211 g/mol. The van der Waals surface area contributed by atoms with E-state index in [2.05, 4.69) is 32.6 Å². The van der Waals surface area contributed by atoms with Gasteiger partial charge in [-0.25, -0.2) is 0 Å². The molecule has 15 heavy (non-hydrogen) atoms. The van der Waals surface area contributed by atoms with E-state index in [1.807, 2.05) is 0 Å². The Bertz CT molecular complexity index is 215. The second-order valence-corrected chi connectivity index (χ2v) is 5.64. The number of piperidine rings is 1. The van der Waals surface area contributed by atoms with Gasteiger partial charge in [-0.3, -0.25) is 4.79 Å². The topological polar surface area (TPSA) is 20.3 Å². The molecule has 0 aromatic carbocycles. The van der Waals surface area contributed by atoms with E-state index in [4.69, 9.17) is 0 Å². The first kappa shape index (κ1) is 12.5. The Hall–Kier alpha value is -0.530. The van der Waals surface area contributed by atoms with Crippen LogP contribution in [0.15, 0.2) is 0 Å². The number of carbonyl (C=O) groups is 1. The molecule has 0 bridgehead atoms. The number of likely N-dealkylation sites (tertiary alicyclic amines) is 1. The van der Waals surface area contributed by atoms with Gasteiger partial charge in [0, 0.05) is 19.5 Å². The summed E-state index contributed by atoms with van der Waals surface area (Å²) >= 11 is 0. The summed E-state index contributed by atoms with van der Waals surface area (Å²) in [5.41, 5.74) is 0.481. The molecule has 0 saturated carbocycles. The van der Waals surface area contributed by atoms with Gasteiger partial charge in [0.15, 0.2) is 0 Å². The lowest BCUT2D eigenvalue weighted by molar-refractivity contribution is -0.134. The van der Waals surface area contributed by atoms with Gasteiger partial charge in [-0.15, -0.1) is 0 Å². The first-order chi connectivity index (χ1) is 6.97. The summed E-state index contributed by atoms with van der Waals surface area (Å²) in [5, 5.41) is 0. The lowest BCUT2D eigenvalue weighted by atomic mass is 9.78. The molecule has 0 unspecified atom stereocenters. The molecule has 2 nitrogen and oxygen atoms in total. The first-order valence-electron chi connectivity index (χ1n) is 6.24. The number of amides is 1. The van der Waals surface area contributed by atoms with E-state index < -0.39 is 0 Å². The van der Waals surface area contributed by atoms with Gasteiger partial charge in [0.25, 0.3) is 0 Å². The Labute approximate surface area is 94.0 Å². The van der Waals surface area contributed by atoms with Crippen LogP contribution in [0.1, 0.15) is 53.4 Å². The van der Waals surface area contributed by atoms with Crippen molar-refractivity contribution in [1.82, 2.24) is 4.90 Å². The average Bonchev–Trinajstić information content (AvgIpc) is 2.18. The van der Waals surface area contributed by atoms with Crippen LogP contribution >= 0.6 is 0 Å². The van der Waals surface area contributed by atoms with Crippen molar-refractivity contribution in [3.8, 4) is 0 Å². The van der Waals surface area contributed by atoms with Crippen molar-refractivity contribution in [2.75, 3.05) is 13.1 Å². The number of carbonyl (C=O) groups excluding carboxylic acids is 1. The highest BCUT2D eigenvalue weighted by molar-refractivity contribution is 5.76. The molecule has 1 rings (SSSR count). The molecule has 0 atom stereocenters. The smallest absolute Gasteiger partial charge is 0.222 e. The van der Waals surface area contributed by atoms with Crippen LogP contribution in [0.25, 0.3) is 0 Å². The molecular weight excluding hydrogens is 186 g/mol. The highest BCUT2D eigenvalue weighted by atomic mass is 16.2. The molecule has 1 aliphatic heterocycles. The van der Waals surface area contributed by atoms with Gasteiger partial charge in [-0.1, -0.05) is 34.1 Å². The normalized spacial score (nSPS) is 20.7. The van der Waals surface area contributed by atoms with Gasteiger partial charge in [0.1, 0.15) is 0 Å². The fourth-order valence-corrected chi connectivity index (χ4v) is 2.13. The van der Waals surface area contributed by atoms with E-state index in [-0.39, 0.29) is 0 Å². The van der Waals surface area contributed by atoms with Crippen molar-refractivity contribution in [3.63, 3.8) is 0 Å². The molecular formula is C13H25NO. The van der Waals surface area contributed by atoms with Gasteiger partial charge < -0.3 is 4.90 Å². The summed E-state index contributed by atoms with van der Waals surface area (Å²) in [6.07, 6.45) is 4.29. The standard InChI is InChI=1S/C13H25NO/c1-5-13(4)6-8-14(9-7-13)12(15)10-11(2)3/h11H,5-10H2,1-4H3. The summed E-state index contributed by atoms with van der Waals surface area (Å²) < 4.78 is 0. The third-order valence-corrected chi connectivity index (χ3v) is 3.76. The Kier molecular flexibility index (Phi) is 4.18. The predicted molar refractivity (Wildman–Crippen MR) is 63.7 cm³/mol. The Morgan fingerprint density at radius 1 is 1.33 bits per heavy atom. The summed E-state index contributed by atoms with van der Waals surface area (Å²) in [5.74, 6) is 0.833. The van der Waals surface area contributed by atoms with E-state index in [1.54, 1.807) is 0 Å². The summed E-state index contributed by atoms with van der Waals surface area (Å²) in [7, 11) is 0. The molecule has 0 spiro atoms. The van der Waals surface area contributed by atoms with Gasteiger partial charge in [-0.2, -0.15) is 0 Å². The van der Waals surface area contributed by atoms with Crippen LogP contribution in [0, 0.1) is 11.3 Å². The van der Waals surface area contributed by atoms with E-state index in [1.165, 1.54) is 19.3 Å². The summed E-state index contributed by atoms with van der Waals surface area (Å²) in [6.45, 7) is 10.8. The van der Waals surface area contributed by atoms with Crippen LogP contribution in [0.5, 0.6) is 0 Å². The number of hydrogen-bond donors (Lipinski definition) is 0. The lowest BCUT2D eigenvalue weighted by Gasteiger charge is -2.39. The SMILES string of the molecule is CCC1(C)CCN(C(=O)CC(C)C)CC1. The minimum absolute atomic E-state index is 0.350. The second kappa shape index (κ2) is 5.00. The van der Waals surface area contributed by atoms with Gasteiger partial charge in [0.2, 0.25) is 5.91 Å². The molecule has 1 fully saturated rings. The van der Waals surface area contributed by atoms with Crippen molar-refractivity contribution in [1.29, 1.82) is 0 Å². The van der Waals surface area contributed by atoms with Crippen molar-refractivity contribution >= 4 is 5.91 Å². The number of rotatable bonds is 3. The van der Waals surface area contributed by atoms with Gasteiger partial charge in [0.05, 0.1) is 0 Å². The Morgan fingerprint density at radius 3 is 2.27 bits per heavy atom. The highest BCUT2D eigenvalue weighted by Crippen LogP contribution is 2.34. The molecule has 1 saturated heterocycles. The fraction of sp³-hybridized carbons (Fsp3) is 0.923. The molecule has 1 aliphatic rings. The van der Waals surface area contributed by atoms with Crippen LogP contribution in [0.2, 0.25) is 0 Å². The molecule has 1 heterocycles. The van der Waals surface area contributed by atoms with E-state index in [9.17, 15) is 4.79 Å². The Balaban J connectivity index is 2.40. The van der Waals surface area contributed by atoms with Gasteiger partial charge >= 0.3 is 0 Å². The maximum absolute atomic E-state index is 11.8. The molecule has 1 amide bonds. The van der Waals surface area contributed by atoms with E-state index in [0.717, 1.165) is 13.1 Å². The van der Waals surface area contributed by atoms with Crippen molar-refractivity contribution in [2.45, 2.75) is 53.4 Å². The molecule has 0 N–H and O–H groups in total. The first-order valence-corrected chi connectivity index (χ1v) is 6.24. The maximum atomic E-state index is 11.8. The zero-order valence-corrected chi connectivity index (χ0v) is 10.7. The van der Waals surface area contributed by atoms with Crippen molar-refractivity contribution < 1.29 is 4.79 Å². The zero-order valence-electron chi connectivity index (χ0n) is 10.7. The highest BCUT2D eigenvalue weighted by Gasteiger charge is 2.30. The minimum Gasteiger partial charge on any atom is -0.343 e. The molecule has 2 heteroatoms. The van der Waals surface area contributed by atoms with Gasteiger partial charge in [-0.05, 0) is 24.2 Å². The summed E-state index contributed by atoms with van der Waals surface area (Å²) in [4.78, 5) is 13.9. The minimum atomic E-state index is 0.350. The van der Waals surface area contributed by atoms with Crippen molar-refractivity contribution in [3.05, 3.63) is 0 Å². The molecule has 0 aromatic heterocycles. The maximum Gasteiger partial charge on any atom is 0.222 e. The van der Waals surface area contributed by atoms with Crippen LogP contribution in [-0.2, 0) is 4.79 Å². The Morgan fingerprint density at radius 2 is 1.87 bits per heavy atom. The number of nitrogens with zero attached hydrogens (tertiary/aromatic N) is 1. The number of hydrogen-bond acceptors (Lipinski definition) is 1. The van der Waals surface area contributed by atoms with Crippen LogP contribution in [-0.4, -0.2) is 23.9 Å². The van der Waals surface area contributed by atoms with Crippen LogP contribution in [0.3, 0.4) is 0 Å². The predicted octanol–water partition coefficient (Wildman–Crippen LogP) is 3.07. The fourth-order valence-electron chi connectivity index (χ4n) is 2.13. The third-order valence-electron chi connectivity index (χ3n) is 3.76. The quantitative estimate of drug-likeness (QED) is 0.702. The monoisotopic (exact) mass is 211 g/mol. The summed E-state index contributed by atoms with van der Waals surface area (Å²) in [6, 6.07) is 0. The van der Waals surface area contributed by atoms with Crippen LogP contribution in [0.4, 0.5) is 0 Å². The van der Waals surface area contributed by atoms with Crippen LogP contribution < -0.4 is 0 Å². The molecule has 0 aromatic rings. The molecule has 0 aliphatic carbocycles. The van der Waals surface area contributed by atoms with E-state index >= 15 is 0 Å².